The van der Waals surface area contributed by atoms with E-state index in [2.05, 4.69) is 80.6 Å². The maximum atomic E-state index is 11.8. The van der Waals surface area contributed by atoms with Crippen LogP contribution in [-0.4, -0.2) is 22.8 Å². The molecule has 33 heavy (non-hydrogen) atoms. The van der Waals surface area contributed by atoms with E-state index < -0.39 is 0 Å². The van der Waals surface area contributed by atoms with E-state index in [0.29, 0.717) is 24.7 Å². The van der Waals surface area contributed by atoms with Crippen molar-refractivity contribution in [3.63, 3.8) is 0 Å². The minimum absolute atomic E-state index is 0.0160. The highest BCUT2D eigenvalue weighted by atomic mass is 16.4. The molecule has 0 aliphatic rings. The van der Waals surface area contributed by atoms with E-state index in [1.54, 1.807) is 0 Å². The maximum Gasteiger partial charge on any atom is 0.319 e. The number of rotatable bonds is 6. The molecule has 0 radical (unpaired) electrons. The third-order valence-corrected chi connectivity index (χ3v) is 5.48. The average Bonchev–Trinajstić information content (AvgIpc) is 3.20. The molecule has 176 valence electrons. The monoisotopic (exact) mass is 448 g/mol. The molecule has 3 rings (SSSR count). The Morgan fingerprint density at radius 2 is 1.52 bits per heavy atom. The number of urea groups is 1. The second-order valence-electron chi connectivity index (χ2n) is 10.6. The van der Waals surface area contributed by atoms with Crippen LogP contribution >= 0.6 is 0 Å². The van der Waals surface area contributed by atoms with Gasteiger partial charge in [0.2, 0.25) is 11.8 Å². The zero-order chi connectivity index (χ0) is 24.2. The highest BCUT2D eigenvalue weighted by molar-refractivity contribution is 5.89. The first kappa shape index (κ1) is 24.5. The largest absolute Gasteiger partial charge is 0.420 e. The lowest BCUT2D eigenvalue weighted by atomic mass is 9.79. The van der Waals surface area contributed by atoms with Gasteiger partial charge in [0.15, 0.2) is 0 Å². The van der Waals surface area contributed by atoms with Crippen LogP contribution in [0.1, 0.15) is 77.5 Å². The summed E-state index contributed by atoms with van der Waals surface area (Å²) >= 11 is 0. The highest BCUT2D eigenvalue weighted by Gasteiger charge is 2.22. The lowest BCUT2D eigenvalue weighted by Gasteiger charge is -2.25. The number of benzene rings is 2. The van der Waals surface area contributed by atoms with Gasteiger partial charge in [-0.3, -0.25) is 0 Å². The second-order valence-corrected chi connectivity index (χ2v) is 10.6. The molecule has 1 heterocycles. The van der Waals surface area contributed by atoms with Gasteiger partial charge in [-0.25, -0.2) is 4.79 Å². The molecule has 0 aliphatic carbocycles. The number of carbonyl (C=O) groups is 1. The van der Waals surface area contributed by atoms with E-state index in [0.717, 1.165) is 23.2 Å². The Morgan fingerprint density at radius 3 is 2.06 bits per heavy atom. The molecule has 0 atom stereocenters. The number of nitrogens with one attached hydrogen (secondary N) is 2. The Labute approximate surface area is 197 Å². The normalized spacial score (nSPS) is 12.0. The van der Waals surface area contributed by atoms with E-state index in [1.807, 2.05) is 31.2 Å². The van der Waals surface area contributed by atoms with Gasteiger partial charge in [0, 0.05) is 17.8 Å². The molecule has 2 aromatic carbocycles. The van der Waals surface area contributed by atoms with Crippen LogP contribution < -0.4 is 10.6 Å². The number of hydrogen-bond acceptors (Lipinski definition) is 4. The van der Waals surface area contributed by atoms with Gasteiger partial charge >= 0.3 is 6.03 Å². The molecule has 0 bridgehead atoms. The molecule has 2 N–H and O–H groups in total. The van der Waals surface area contributed by atoms with Crippen molar-refractivity contribution in [2.45, 2.75) is 72.1 Å². The van der Waals surface area contributed by atoms with Crippen LogP contribution in [0.15, 0.2) is 46.9 Å². The lowest BCUT2D eigenvalue weighted by molar-refractivity contribution is 0.252. The summed E-state index contributed by atoms with van der Waals surface area (Å²) < 4.78 is 6.05. The average molecular weight is 449 g/mol. The van der Waals surface area contributed by atoms with Gasteiger partial charge in [-0.2, -0.15) is 0 Å². The van der Waals surface area contributed by atoms with E-state index >= 15 is 0 Å². The topological polar surface area (TPSA) is 80.0 Å². The minimum atomic E-state index is -0.196. The van der Waals surface area contributed by atoms with Gasteiger partial charge in [0.25, 0.3) is 0 Å². The summed E-state index contributed by atoms with van der Waals surface area (Å²) in [5.41, 5.74) is 5.25. The number of hydrogen-bond donors (Lipinski definition) is 2. The molecule has 6 heteroatoms. The number of amides is 2. The second kappa shape index (κ2) is 9.77. The first-order valence-corrected chi connectivity index (χ1v) is 11.6. The van der Waals surface area contributed by atoms with Crippen LogP contribution in [0.25, 0.3) is 11.5 Å². The molecule has 0 saturated heterocycles. The van der Waals surface area contributed by atoms with Crippen LogP contribution in [0.3, 0.4) is 0 Å². The van der Waals surface area contributed by atoms with Crippen LogP contribution in [0, 0.1) is 0 Å². The summed E-state index contributed by atoms with van der Waals surface area (Å²) in [7, 11) is 0. The van der Waals surface area contributed by atoms with Crippen molar-refractivity contribution in [3.05, 3.63) is 65.0 Å². The highest BCUT2D eigenvalue weighted by Crippen LogP contribution is 2.33. The molecule has 0 unspecified atom stereocenters. The van der Waals surface area contributed by atoms with Crippen LogP contribution in [-0.2, 0) is 17.3 Å². The Kier molecular flexibility index (Phi) is 7.25. The SMILES string of the molecule is CCCNC(=O)Nc1ccc(Cc2nnc(-c3cc(C(C)(C)C)cc(C(C)(C)C)c3)o2)cc1. The number of anilines is 1. The lowest BCUT2D eigenvalue weighted by Crippen LogP contribution is -2.29. The zero-order valence-corrected chi connectivity index (χ0v) is 20.9. The van der Waals surface area contributed by atoms with Crippen LogP contribution in [0.4, 0.5) is 10.5 Å². The van der Waals surface area contributed by atoms with Crippen LogP contribution in [0.2, 0.25) is 0 Å². The maximum absolute atomic E-state index is 11.8. The van der Waals surface area contributed by atoms with E-state index in [4.69, 9.17) is 4.42 Å². The molecule has 0 spiro atoms. The summed E-state index contributed by atoms with van der Waals surface area (Å²) in [5.74, 6) is 1.09. The summed E-state index contributed by atoms with van der Waals surface area (Å²) in [6.45, 7) is 15.9. The predicted molar refractivity (Wildman–Crippen MR) is 134 cm³/mol. The van der Waals surface area contributed by atoms with Crippen molar-refractivity contribution in [2.75, 3.05) is 11.9 Å². The van der Waals surface area contributed by atoms with Gasteiger partial charge in [-0.1, -0.05) is 66.7 Å². The van der Waals surface area contributed by atoms with Crippen molar-refractivity contribution in [1.82, 2.24) is 15.5 Å². The first-order chi connectivity index (χ1) is 15.5. The quantitative estimate of drug-likeness (QED) is 0.454. The third kappa shape index (κ3) is 6.67. The number of aromatic nitrogens is 2. The van der Waals surface area contributed by atoms with Crippen molar-refractivity contribution in [2.24, 2.45) is 0 Å². The summed E-state index contributed by atoms with van der Waals surface area (Å²) in [4.78, 5) is 11.8. The molecular weight excluding hydrogens is 412 g/mol. The fourth-order valence-electron chi connectivity index (χ4n) is 3.35. The molecule has 0 saturated carbocycles. The molecule has 2 amide bonds. The van der Waals surface area contributed by atoms with Gasteiger partial charge in [0.1, 0.15) is 0 Å². The Bertz CT molecular complexity index is 1050. The molecule has 1 aromatic heterocycles. The fourth-order valence-corrected chi connectivity index (χ4v) is 3.35. The standard InChI is InChI=1S/C27H36N4O2/c1-8-13-28-25(32)29-22-11-9-18(10-12-22)14-23-30-31-24(33-23)19-15-20(26(2,3)4)17-21(16-19)27(5,6)7/h9-12,15-17H,8,13-14H2,1-7H3,(H2,28,29,32). The molecule has 3 aromatic rings. The van der Waals surface area contributed by atoms with Crippen LogP contribution in [0.5, 0.6) is 0 Å². The summed E-state index contributed by atoms with van der Waals surface area (Å²) in [6.07, 6.45) is 1.43. The Balaban J connectivity index is 1.77. The van der Waals surface area contributed by atoms with E-state index in [1.165, 1.54) is 11.1 Å². The smallest absolute Gasteiger partial charge is 0.319 e. The van der Waals surface area contributed by atoms with E-state index in [-0.39, 0.29) is 16.9 Å². The predicted octanol–water partition coefficient (Wildman–Crippen LogP) is 6.45. The number of nitrogens with zero attached hydrogens (tertiary/aromatic N) is 2. The number of carbonyl (C=O) groups excluding carboxylic acids is 1. The molecule has 0 aliphatic heterocycles. The van der Waals surface area contributed by atoms with Gasteiger partial charge in [-0.15, -0.1) is 10.2 Å². The Hall–Kier alpha value is -3.15. The molecule has 0 fully saturated rings. The third-order valence-electron chi connectivity index (χ3n) is 5.48. The molecule has 6 nitrogen and oxygen atoms in total. The summed E-state index contributed by atoms with van der Waals surface area (Å²) in [6, 6.07) is 14.0. The van der Waals surface area contributed by atoms with Crippen molar-refractivity contribution >= 4 is 11.7 Å². The van der Waals surface area contributed by atoms with Gasteiger partial charge < -0.3 is 15.1 Å². The van der Waals surface area contributed by atoms with Gasteiger partial charge in [-0.05, 0) is 58.2 Å². The zero-order valence-electron chi connectivity index (χ0n) is 20.9. The minimum Gasteiger partial charge on any atom is -0.420 e. The van der Waals surface area contributed by atoms with E-state index in [9.17, 15) is 4.79 Å². The molecular formula is C27H36N4O2. The van der Waals surface area contributed by atoms with Crippen molar-refractivity contribution in [3.8, 4) is 11.5 Å². The van der Waals surface area contributed by atoms with Crippen molar-refractivity contribution in [1.29, 1.82) is 0 Å². The summed E-state index contributed by atoms with van der Waals surface area (Å²) in [5, 5.41) is 14.2. The fraction of sp³-hybridized carbons (Fsp3) is 0.444. The first-order valence-electron chi connectivity index (χ1n) is 11.6. The Morgan fingerprint density at radius 1 is 0.909 bits per heavy atom. The van der Waals surface area contributed by atoms with Crippen molar-refractivity contribution < 1.29 is 9.21 Å². The van der Waals surface area contributed by atoms with Gasteiger partial charge in [0.05, 0.1) is 6.42 Å².